The summed E-state index contributed by atoms with van der Waals surface area (Å²) in [7, 11) is 0.219. The maximum absolute atomic E-state index is 9.84. The Bertz CT molecular complexity index is 182. The normalized spacial score (nSPS) is 18.8. The zero-order valence-electron chi connectivity index (χ0n) is 9.34. The van der Waals surface area contributed by atoms with Crippen molar-refractivity contribution in [3.63, 3.8) is 0 Å². The Labute approximate surface area is 87.2 Å². The quantitative estimate of drug-likeness (QED) is 0.383. The lowest BCUT2D eigenvalue weighted by molar-refractivity contribution is -0.134. The number of hydrogen-bond donors (Lipinski definition) is 0. The van der Waals surface area contributed by atoms with Crippen LogP contribution < -0.4 is 0 Å². The third kappa shape index (κ3) is 6.86. The molecule has 0 amide bonds. The standard InChI is InChI=1S/C6H14OSi.C4H6O2/c1-8(2)6-4-3-5-7-8;1-3-4(5)6-2/h3-6H2,1-2H3;3H,1H2,2H3. The molecular formula is C10H20O3Si. The molecule has 1 saturated heterocycles. The molecule has 1 aliphatic rings. The minimum Gasteiger partial charge on any atom is -0.466 e. The molecule has 0 unspecified atom stereocenters. The van der Waals surface area contributed by atoms with E-state index in [-0.39, 0.29) is 0 Å². The van der Waals surface area contributed by atoms with Crippen LogP contribution in [0.4, 0.5) is 0 Å². The number of esters is 1. The van der Waals surface area contributed by atoms with Crippen molar-refractivity contribution in [2.24, 2.45) is 0 Å². The lowest BCUT2D eigenvalue weighted by Gasteiger charge is -2.27. The van der Waals surface area contributed by atoms with E-state index in [0.29, 0.717) is 0 Å². The highest BCUT2D eigenvalue weighted by Gasteiger charge is 2.24. The van der Waals surface area contributed by atoms with Crippen LogP contribution in [0.5, 0.6) is 0 Å². The number of ether oxygens (including phenoxy) is 1. The van der Waals surface area contributed by atoms with Gasteiger partial charge in [-0.2, -0.15) is 0 Å². The van der Waals surface area contributed by atoms with Crippen LogP contribution >= 0.6 is 0 Å². The molecule has 14 heavy (non-hydrogen) atoms. The summed E-state index contributed by atoms with van der Waals surface area (Å²) >= 11 is 0. The van der Waals surface area contributed by atoms with E-state index >= 15 is 0 Å². The van der Waals surface area contributed by atoms with Gasteiger partial charge in [-0.05, 0) is 25.6 Å². The van der Waals surface area contributed by atoms with Crippen molar-refractivity contribution in [3.8, 4) is 0 Å². The maximum atomic E-state index is 9.84. The first kappa shape index (κ1) is 13.4. The average molecular weight is 216 g/mol. The summed E-state index contributed by atoms with van der Waals surface area (Å²) < 4.78 is 9.75. The van der Waals surface area contributed by atoms with Crippen molar-refractivity contribution >= 4 is 14.3 Å². The number of hydrogen-bond acceptors (Lipinski definition) is 3. The molecule has 0 atom stereocenters. The Morgan fingerprint density at radius 2 is 2.14 bits per heavy atom. The lowest BCUT2D eigenvalue weighted by atomic mass is 10.4. The molecule has 0 aromatic rings. The minimum absolute atomic E-state index is 0.394. The third-order valence-corrected chi connectivity index (χ3v) is 4.58. The van der Waals surface area contributed by atoms with Gasteiger partial charge in [-0.15, -0.1) is 0 Å². The van der Waals surface area contributed by atoms with Gasteiger partial charge in [0.1, 0.15) is 0 Å². The van der Waals surface area contributed by atoms with Gasteiger partial charge in [-0.3, -0.25) is 0 Å². The van der Waals surface area contributed by atoms with E-state index in [1.165, 1.54) is 26.0 Å². The number of carbonyl (C=O) groups excluding carboxylic acids is 1. The molecule has 0 aliphatic carbocycles. The van der Waals surface area contributed by atoms with Crippen molar-refractivity contribution in [2.75, 3.05) is 13.7 Å². The van der Waals surface area contributed by atoms with Crippen LogP contribution in [0.15, 0.2) is 12.7 Å². The summed E-state index contributed by atoms with van der Waals surface area (Å²) in [5, 5.41) is 0. The maximum Gasteiger partial charge on any atom is 0.329 e. The molecule has 0 bridgehead atoms. The smallest absolute Gasteiger partial charge is 0.329 e. The molecule has 1 rings (SSSR count). The molecule has 4 heteroatoms. The number of rotatable bonds is 1. The van der Waals surface area contributed by atoms with Crippen LogP contribution in [0.3, 0.4) is 0 Å². The van der Waals surface area contributed by atoms with E-state index in [0.717, 1.165) is 12.7 Å². The molecular weight excluding hydrogens is 196 g/mol. The number of carbonyl (C=O) groups is 1. The van der Waals surface area contributed by atoms with Crippen LogP contribution in [-0.4, -0.2) is 28.0 Å². The highest BCUT2D eigenvalue weighted by Crippen LogP contribution is 2.20. The Balaban J connectivity index is 0.000000255. The summed E-state index contributed by atoms with van der Waals surface area (Å²) in [6, 6.07) is 1.37. The molecule has 82 valence electrons. The first-order valence-electron chi connectivity index (χ1n) is 4.86. The zero-order chi connectivity index (χ0) is 11.0. The molecule has 0 aromatic heterocycles. The van der Waals surface area contributed by atoms with Gasteiger partial charge >= 0.3 is 5.97 Å². The van der Waals surface area contributed by atoms with Gasteiger partial charge in [0.2, 0.25) is 0 Å². The molecule has 0 N–H and O–H groups in total. The monoisotopic (exact) mass is 216 g/mol. The van der Waals surface area contributed by atoms with E-state index in [4.69, 9.17) is 4.43 Å². The third-order valence-electron chi connectivity index (χ3n) is 2.03. The van der Waals surface area contributed by atoms with E-state index in [1.807, 2.05) is 0 Å². The Morgan fingerprint density at radius 1 is 1.50 bits per heavy atom. The summed E-state index contributed by atoms with van der Waals surface area (Å²) in [5.74, 6) is -0.394. The topological polar surface area (TPSA) is 35.5 Å². The van der Waals surface area contributed by atoms with Crippen molar-refractivity contribution in [1.82, 2.24) is 0 Å². The first-order chi connectivity index (χ1) is 6.52. The molecule has 0 aromatic carbocycles. The van der Waals surface area contributed by atoms with Gasteiger partial charge in [0.05, 0.1) is 7.11 Å². The molecule has 1 heterocycles. The summed E-state index contributed by atoms with van der Waals surface area (Å²) in [6.07, 6.45) is 3.80. The summed E-state index contributed by atoms with van der Waals surface area (Å²) in [4.78, 5) is 9.84. The molecule has 0 saturated carbocycles. The fraction of sp³-hybridized carbons (Fsp3) is 0.700. The highest BCUT2D eigenvalue weighted by molar-refractivity contribution is 6.71. The Hall–Kier alpha value is -0.613. The van der Waals surface area contributed by atoms with E-state index < -0.39 is 14.3 Å². The van der Waals surface area contributed by atoms with E-state index in [1.54, 1.807) is 0 Å². The second kappa shape index (κ2) is 6.78. The summed E-state index contributed by atoms with van der Waals surface area (Å²) in [6.45, 7) is 8.78. The number of methoxy groups -OCH3 is 1. The Kier molecular flexibility index (Phi) is 6.49. The van der Waals surface area contributed by atoms with Crippen molar-refractivity contribution in [3.05, 3.63) is 12.7 Å². The predicted molar refractivity (Wildman–Crippen MR) is 59.7 cm³/mol. The first-order valence-corrected chi connectivity index (χ1v) is 7.98. The van der Waals surface area contributed by atoms with Gasteiger partial charge in [0, 0.05) is 12.7 Å². The van der Waals surface area contributed by atoms with Crippen LogP contribution in [0.25, 0.3) is 0 Å². The minimum atomic E-state index is -1.09. The molecule has 0 radical (unpaired) electrons. The molecule has 1 fully saturated rings. The zero-order valence-corrected chi connectivity index (χ0v) is 10.3. The van der Waals surface area contributed by atoms with Crippen LogP contribution in [0.2, 0.25) is 19.1 Å². The van der Waals surface area contributed by atoms with E-state index in [2.05, 4.69) is 24.4 Å². The van der Waals surface area contributed by atoms with Gasteiger partial charge in [0.25, 0.3) is 0 Å². The van der Waals surface area contributed by atoms with Crippen LogP contribution in [0.1, 0.15) is 12.8 Å². The van der Waals surface area contributed by atoms with E-state index in [9.17, 15) is 4.79 Å². The second-order valence-electron chi connectivity index (χ2n) is 3.79. The average Bonchev–Trinajstić information content (AvgIpc) is 2.17. The highest BCUT2D eigenvalue weighted by atomic mass is 28.4. The van der Waals surface area contributed by atoms with Gasteiger partial charge < -0.3 is 9.16 Å². The molecule has 3 nitrogen and oxygen atoms in total. The van der Waals surface area contributed by atoms with Crippen molar-refractivity contribution in [2.45, 2.75) is 32.0 Å². The fourth-order valence-electron chi connectivity index (χ4n) is 1.16. The second-order valence-corrected chi connectivity index (χ2v) is 8.10. The van der Waals surface area contributed by atoms with Gasteiger partial charge in [-0.25, -0.2) is 4.79 Å². The van der Waals surface area contributed by atoms with Crippen LogP contribution in [0, 0.1) is 0 Å². The van der Waals surface area contributed by atoms with Crippen LogP contribution in [-0.2, 0) is 14.0 Å². The lowest BCUT2D eigenvalue weighted by Crippen LogP contribution is -2.33. The molecule has 0 spiro atoms. The molecule has 1 aliphatic heterocycles. The fourth-order valence-corrected chi connectivity index (χ4v) is 3.10. The largest absolute Gasteiger partial charge is 0.466 e. The van der Waals surface area contributed by atoms with Crippen molar-refractivity contribution in [1.29, 1.82) is 0 Å². The summed E-state index contributed by atoms with van der Waals surface area (Å²) in [5.41, 5.74) is 0. The van der Waals surface area contributed by atoms with Gasteiger partial charge in [-0.1, -0.05) is 13.0 Å². The SMILES string of the molecule is C=CC(=O)OC.C[Si]1(C)CCCCO1. The van der Waals surface area contributed by atoms with Gasteiger partial charge in [0.15, 0.2) is 8.32 Å². The Morgan fingerprint density at radius 3 is 2.29 bits per heavy atom. The predicted octanol–water partition coefficient (Wildman–Crippen LogP) is 2.35. The van der Waals surface area contributed by atoms with Crippen molar-refractivity contribution < 1.29 is 14.0 Å².